The van der Waals surface area contributed by atoms with Gasteiger partial charge < -0.3 is 0 Å². The van der Waals surface area contributed by atoms with Crippen LogP contribution in [0.25, 0.3) is 12.2 Å². The fourth-order valence-corrected chi connectivity index (χ4v) is 1.94. The Morgan fingerprint density at radius 2 is 1.31 bits per heavy atom. The molecule has 0 aliphatic rings. The van der Waals surface area contributed by atoms with Crippen LogP contribution in [0.3, 0.4) is 0 Å². The molecule has 0 N–H and O–H groups in total. The van der Waals surface area contributed by atoms with Gasteiger partial charge in [0.05, 0.1) is 0 Å². The van der Waals surface area contributed by atoms with Gasteiger partial charge in [-0.25, -0.2) is 0 Å². The van der Waals surface area contributed by atoms with Gasteiger partial charge in [-0.3, -0.25) is 0 Å². The normalized spacial score (nSPS) is 10.9. The van der Waals surface area contributed by atoms with Gasteiger partial charge in [0.2, 0.25) is 0 Å². The summed E-state index contributed by atoms with van der Waals surface area (Å²) < 4.78 is 0. The zero-order valence-electron chi connectivity index (χ0n) is 8.53. The summed E-state index contributed by atoms with van der Waals surface area (Å²) in [5, 5.41) is 1.33. The van der Waals surface area contributed by atoms with Crippen molar-refractivity contribution < 1.29 is 0 Å². The average Bonchev–Trinajstić information content (AvgIpc) is 2.30. The molecular formula is C14H10Cl2. The minimum Gasteiger partial charge on any atom is -0.0836 e. The molecule has 2 heteroatoms. The zero-order valence-corrected chi connectivity index (χ0v) is 10.0. The molecule has 80 valence electrons. The molecule has 0 saturated carbocycles. The molecule has 0 saturated heterocycles. The maximum Gasteiger partial charge on any atom is 0.0493 e. The lowest BCUT2D eigenvalue weighted by Gasteiger charge is -2.00. The van der Waals surface area contributed by atoms with E-state index < -0.39 is 0 Å². The first-order chi connectivity index (χ1) is 7.77. The topological polar surface area (TPSA) is 0 Å². The van der Waals surface area contributed by atoms with Crippen LogP contribution in [0.5, 0.6) is 0 Å². The molecule has 0 aliphatic carbocycles. The van der Waals surface area contributed by atoms with E-state index in [1.165, 1.54) is 0 Å². The van der Waals surface area contributed by atoms with E-state index in [2.05, 4.69) is 0 Å². The van der Waals surface area contributed by atoms with Gasteiger partial charge in [0, 0.05) is 15.6 Å². The van der Waals surface area contributed by atoms with Crippen LogP contribution in [-0.2, 0) is 0 Å². The quantitative estimate of drug-likeness (QED) is 0.644. The largest absolute Gasteiger partial charge is 0.0836 e. The lowest BCUT2D eigenvalue weighted by Crippen LogP contribution is -1.77. The predicted octanol–water partition coefficient (Wildman–Crippen LogP) is 5.16. The number of hydrogen-bond acceptors (Lipinski definition) is 0. The third-order valence-electron chi connectivity index (χ3n) is 2.24. The summed E-state index contributed by atoms with van der Waals surface area (Å²) in [6, 6.07) is 15.5. The minimum absolute atomic E-state index is 0.666. The first-order valence-electron chi connectivity index (χ1n) is 4.94. The fraction of sp³-hybridized carbons (Fsp3) is 0. The molecule has 2 aromatic rings. The highest BCUT2D eigenvalue weighted by molar-refractivity contribution is 6.37. The molecule has 0 aliphatic heterocycles. The van der Waals surface area contributed by atoms with Gasteiger partial charge in [0.1, 0.15) is 0 Å². The number of halogens is 2. The summed E-state index contributed by atoms with van der Waals surface area (Å²) in [4.78, 5) is 0. The highest BCUT2D eigenvalue weighted by Gasteiger charge is 2.00. The lowest BCUT2D eigenvalue weighted by molar-refractivity contribution is 1.64. The Bertz CT molecular complexity index is 481. The van der Waals surface area contributed by atoms with Crippen molar-refractivity contribution in [1.29, 1.82) is 0 Å². The van der Waals surface area contributed by atoms with E-state index in [-0.39, 0.29) is 0 Å². The molecule has 0 fully saturated rings. The molecule has 0 radical (unpaired) electrons. The van der Waals surface area contributed by atoms with Crippen molar-refractivity contribution in [3.63, 3.8) is 0 Å². The monoisotopic (exact) mass is 248 g/mol. The molecule has 2 aromatic carbocycles. The summed E-state index contributed by atoms with van der Waals surface area (Å²) in [6.07, 6.45) is 3.92. The van der Waals surface area contributed by atoms with Crippen LogP contribution >= 0.6 is 23.2 Å². The van der Waals surface area contributed by atoms with Crippen molar-refractivity contribution in [2.45, 2.75) is 0 Å². The van der Waals surface area contributed by atoms with Crippen LogP contribution in [0.4, 0.5) is 0 Å². The van der Waals surface area contributed by atoms with Crippen molar-refractivity contribution in [1.82, 2.24) is 0 Å². The van der Waals surface area contributed by atoms with E-state index in [1.807, 2.05) is 60.7 Å². The van der Waals surface area contributed by atoms with E-state index in [1.54, 1.807) is 0 Å². The zero-order chi connectivity index (χ0) is 11.4. The first kappa shape index (κ1) is 11.3. The van der Waals surface area contributed by atoms with Crippen molar-refractivity contribution in [2.24, 2.45) is 0 Å². The molecule has 0 spiro atoms. The van der Waals surface area contributed by atoms with Gasteiger partial charge in [-0.2, -0.15) is 0 Å². The minimum atomic E-state index is 0.666. The molecule has 0 aromatic heterocycles. The smallest absolute Gasteiger partial charge is 0.0493 e. The van der Waals surface area contributed by atoms with Crippen LogP contribution in [0.15, 0.2) is 48.5 Å². The van der Waals surface area contributed by atoms with Crippen LogP contribution in [-0.4, -0.2) is 0 Å². The van der Waals surface area contributed by atoms with E-state index in [0.717, 1.165) is 11.1 Å². The molecule has 16 heavy (non-hydrogen) atoms. The van der Waals surface area contributed by atoms with E-state index >= 15 is 0 Å². The lowest BCUT2D eigenvalue weighted by atomic mass is 10.1. The Morgan fingerprint density at radius 3 is 1.94 bits per heavy atom. The maximum atomic E-state index is 6.06. The Kier molecular flexibility index (Phi) is 3.66. The van der Waals surface area contributed by atoms with Crippen molar-refractivity contribution in [2.75, 3.05) is 0 Å². The summed E-state index contributed by atoms with van der Waals surface area (Å²) in [6.45, 7) is 0. The fourth-order valence-electron chi connectivity index (χ4n) is 1.41. The first-order valence-corrected chi connectivity index (χ1v) is 5.70. The third kappa shape index (κ3) is 2.66. The van der Waals surface area contributed by atoms with E-state index in [0.29, 0.717) is 10.0 Å². The molecule has 0 heterocycles. The summed E-state index contributed by atoms with van der Waals surface area (Å²) in [5.74, 6) is 0. The number of benzene rings is 2. The average molecular weight is 249 g/mol. The summed E-state index contributed by atoms with van der Waals surface area (Å²) in [7, 11) is 0. The molecule has 0 bridgehead atoms. The number of hydrogen-bond donors (Lipinski definition) is 0. The van der Waals surface area contributed by atoms with Crippen LogP contribution in [0.2, 0.25) is 10.0 Å². The van der Waals surface area contributed by atoms with Gasteiger partial charge >= 0.3 is 0 Å². The summed E-state index contributed by atoms with van der Waals surface area (Å²) in [5.41, 5.74) is 1.98. The molecular weight excluding hydrogens is 239 g/mol. The van der Waals surface area contributed by atoms with Crippen LogP contribution < -0.4 is 0 Å². The third-order valence-corrected chi connectivity index (χ3v) is 2.90. The van der Waals surface area contributed by atoms with Gasteiger partial charge in [-0.15, -0.1) is 0 Å². The Hall–Kier alpha value is -1.24. The van der Waals surface area contributed by atoms with Gasteiger partial charge in [0.15, 0.2) is 0 Å². The molecule has 0 atom stereocenters. The van der Waals surface area contributed by atoms with E-state index in [4.69, 9.17) is 23.2 Å². The predicted molar refractivity (Wildman–Crippen MR) is 71.8 cm³/mol. The van der Waals surface area contributed by atoms with Gasteiger partial charge in [0.25, 0.3) is 0 Å². The maximum absolute atomic E-state index is 6.06. The van der Waals surface area contributed by atoms with Gasteiger partial charge in [-0.1, -0.05) is 71.8 Å². The highest BCUT2D eigenvalue weighted by Crippen LogP contribution is 2.26. The summed E-state index contributed by atoms with van der Waals surface area (Å²) >= 11 is 12.1. The number of rotatable bonds is 2. The molecule has 2 rings (SSSR count). The molecule has 0 amide bonds. The highest BCUT2D eigenvalue weighted by atomic mass is 35.5. The van der Waals surface area contributed by atoms with Crippen molar-refractivity contribution in [3.05, 3.63) is 69.7 Å². The SMILES string of the molecule is Clc1cccc(Cl)c1/C=C/c1ccccc1. The van der Waals surface area contributed by atoms with Gasteiger partial charge in [-0.05, 0) is 17.7 Å². The van der Waals surface area contributed by atoms with Crippen LogP contribution in [0, 0.1) is 0 Å². The van der Waals surface area contributed by atoms with Crippen molar-refractivity contribution in [3.8, 4) is 0 Å². The molecule has 0 unspecified atom stereocenters. The van der Waals surface area contributed by atoms with E-state index in [9.17, 15) is 0 Å². The Balaban J connectivity index is 2.31. The second-order valence-electron chi connectivity index (χ2n) is 3.38. The Labute approximate surface area is 105 Å². The second kappa shape index (κ2) is 5.20. The molecule has 0 nitrogen and oxygen atoms in total. The second-order valence-corrected chi connectivity index (χ2v) is 4.19. The Morgan fingerprint density at radius 1 is 0.688 bits per heavy atom. The standard InChI is InChI=1S/C14H10Cl2/c15-13-7-4-8-14(16)12(13)10-9-11-5-2-1-3-6-11/h1-10H/b10-9+. The van der Waals surface area contributed by atoms with Crippen molar-refractivity contribution >= 4 is 35.4 Å². The van der Waals surface area contributed by atoms with Crippen LogP contribution in [0.1, 0.15) is 11.1 Å².